The van der Waals surface area contributed by atoms with Crippen LogP contribution in [0, 0.1) is 0 Å². The van der Waals surface area contributed by atoms with Crippen LogP contribution in [0.2, 0.25) is 0 Å². The Labute approximate surface area is 126 Å². The van der Waals surface area contributed by atoms with Gasteiger partial charge in [-0.3, -0.25) is 4.21 Å². The van der Waals surface area contributed by atoms with Crippen LogP contribution in [0.3, 0.4) is 0 Å². The average molecular weight is 300 g/mol. The summed E-state index contributed by atoms with van der Waals surface area (Å²) < 4.78 is 11.8. The van der Waals surface area contributed by atoms with Crippen LogP contribution in [0.1, 0.15) is 12.5 Å². The third kappa shape index (κ3) is 2.31. The molecule has 3 rings (SSSR count). The van der Waals surface area contributed by atoms with Gasteiger partial charge in [0.05, 0.1) is 22.2 Å². The lowest BCUT2D eigenvalue weighted by Crippen LogP contribution is -2.19. The van der Waals surface area contributed by atoms with Crippen LogP contribution in [0.4, 0.5) is 23.0 Å². The van der Waals surface area contributed by atoms with Gasteiger partial charge in [-0.25, -0.2) is 9.97 Å². The molecule has 1 N–H and O–H groups in total. The maximum Gasteiger partial charge on any atom is 0.176 e. The van der Waals surface area contributed by atoms with Crippen molar-refractivity contribution in [2.45, 2.75) is 6.92 Å². The van der Waals surface area contributed by atoms with Crippen molar-refractivity contribution in [3.8, 4) is 0 Å². The molecule has 0 saturated carbocycles. The van der Waals surface area contributed by atoms with Gasteiger partial charge in [0.2, 0.25) is 0 Å². The van der Waals surface area contributed by atoms with E-state index in [2.05, 4.69) is 15.3 Å². The molecule has 2 heterocycles. The minimum absolute atomic E-state index is 0.726. The predicted octanol–water partition coefficient (Wildman–Crippen LogP) is 3.04. The molecule has 6 heteroatoms. The molecule has 5 nitrogen and oxygen atoms in total. The number of hydrogen-bond donors (Lipinski definition) is 1. The maximum absolute atomic E-state index is 11.8. The predicted molar refractivity (Wildman–Crippen MR) is 87.5 cm³/mol. The lowest BCUT2D eigenvalue weighted by atomic mass is 10.1. The third-order valence-corrected chi connectivity index (χ3v) is 4.55. The number of allylic oxidation sites excluding steroid dienone is 1. The summed E-state index contributed by atoms with van der Waals surface area (Å²) in [4.78, 5) is 11.5. The van der Waals surface area contributed by atoms with Crippen LogP contribution in [-0.4, -0.2) is 27.5 Å². The Bertz CT molecular complexity index is 757. The van der Waals surface area contributed by atoms with Gasteiger partial charge in [-0.1, -0.05) is 12.1 Å². The van der Waals surface area contributed by atoms with Gasteiger partial charge in [0.1, 0.15) is 0 Å². The summed E-state index contributed by atoms with van der Waals surface area (Å²) >= 11 is 0. The summed E-state index contributed by atoms with van der Waals surface area (Å²) in [5.74, 6) is 1.52. The van der Waals surface area contributed by atoms with Crippen molar-refractivity contribution in [1.82, 2.24) is 9.97 Å². The summed E-state index contributed by atoms with van der Waals surface area (Å²) in [7, 11) is 0.942. The van der Waals surface area contributed by atoms with Crippen LogP contribution in [0.15, 0.2) is 36.7 Å². The minimum atomic E-state index is -1.02. The first-order chi connectivity index (χ1) is 10.1. The van der Waals surface area contributed by atoms with Gasteiger partial charge in [-0.05, 0) is 24.6 Å². The van der Waals surface area contributed by atoms with Crippen molar-refractivity contribution in [3.05, 3.63) is 42.2 Å². The van der Waals surface area contributed by atoms with Crippen molar-refractivity contribution in [2.24, 2.45) is 0 Å². The smallest absolute Gasteiger partial charge is 0.176 e. The van der Waals surface area contributed by atoms with Gasteiger partial charge in [-0.2, -0.15) is 0 Å². The summed E-state index contributed by atoms with van der Waals surface area (Å²) in [5, 5.41) is 3.29. The first kappa shape index (κ1) is 13.8. The Morgan fingerprint density at radius 1 is 1.33 bits per heavy atom. The number of benzene rings is 1. The number of nitrogens with one attached hydrogen (secondary N) is 1. The molecule has 1 aromatic heterocycles. The number of hydrogen-bond acceptors (Lipinski definition) is 5. The van der Waals surface area contributed by atoms with Crippen LogP contribution < -0.4 is 10.2 Å². The summed E-state index contributed by atoms with van der Waals surface area (Å²) in [5.41, 5.74) is 2.90. The summed E-state index contributed by atoms with van der Waals surface area (Å²) in [6.45, 7) is 1.90. The highest BCUT2D eigenvalue weighted by atomic mass is 32.2. The van der Waals surface area contributed by atoms with Gasteiger partial charge >= 0.3 is 0 Å². The van der Waals surface area contributed by atoms with E-state index < -0.39 is 10.8 Å². The van der Waals surface area contributed by atoms with E-state index in [1.807, 2.05) is 43.1 Å². The van der Waals surface area contributed by atoms with Crippen molar-refractivity contribution >= 4 is 38.7 Å². The second-order valence-electron chi connectivity index (χ2n) is 4.75. The molecule has 0 amide bonds. The largest absolute Gasteiger partial charge is 0.335 e. The van der Waals surface area contributed by atoms with E-state index in [0.717, 1.165) is 33.5 Å². The van der Waals surface area contributed by atoms with E-state index in [1.54, 1.807) is 18.6 Å². The monoisotopic (exact) mass is 300 g/mol. The molecule has 0 radical (unpaired) electrons. The molecule has 1 aliphatic heterocycles. The molecule has 0 saturated heterocycles. The number of nitrogens with zero attached hydrogens (tertiary/aromatic N) is 3. The van der Waals surface area contributed by atoms with Crippen molar-refractivity contribution < 1.29 is 4.21 Å². The third-order valence-electron chi connectivity index (χ3n) is 3.46. The highest BCUT2D eigenvalue weighted by Crippen LogP contribution is 2.41. The van der Waals surface area contributed by atoms with Gasteiger partial charge < -0.3 is 10.2 Å². The van der Waals surface area contributed by atoms with Gasteiger partial charge in [0.15, 0.2) is 11.6 Å². The quantitative estimate of drug-likeness (QED) is 0.924. The Balaban J connectivity index is 2.08. The molecular formula is C15H16N4OS. The van der Waals surface area contributed by atoms with Crippen molar-refractivity contribution in [2.75, 3.05) is 23.5 Å². The second kappa shape index (κ2) is 5.29. The average Bonchev–Trinajstić information content (AvgIpc) is 2.47. The Morgan fingerprint density at radius 3 is 2.81 bits per heavy atom. The number of fused-ring (bicyclic) bond motifs is 2. The molecule has 1 aromatic carbocycles. The highest BCUT2D eigenvalue weighted by Gasteiger charge is 2.22. The minimum Gasteiger partial charge on any atom is -0.335 e. The molecule has 108 valence electrons. The molecular weight excluding hydrogens is 284 g/mol. The van der Waals surface area contributed by atoms with Crippen LogP contribution in [-0.2, 0) is 10.8 Å². The number of anilines is 4. The van der Waals surface area contributed by atoms with E-state index in [0.29, 0.717) is 0 Å². The number of rotatable bonds is 2. The van der Waals surface area contributed by atoms with Gasteiger partial charge in [0.25, 0.3) is 0 Å². The van der Waals surface area contributed by atoms with Crippen LogP contribution in [0.25, 0.3) is 4.91 Å². The Morgan fingerprint density at radius 2 is 2.10 bits per heavy atom. The molecule has 1 unspecified atom stereocenters. The maximum atomic E-state index is 11.8. The first-order valence-electron chi connectivity index (χ1n) is 6.57. The molecule has 0 spiro atoms. The zero-order valence-electron chi connectivity index (χ0n) is 12.1. The lowest BCUT2D eigenvalue weighted by molar-refractivity contribution is 0.692. The molecule has 0 bridgehead atoms. The normalized spacial score (nSPS) is 15.0. The highest BCUT2D eigenvalue weighted by molar-refractivity contribution is 7.93. The van der Waals surface area contributed by atoms with E-state index in [4.69, 9.17) is 0 Å². The second-order valence-corrected chi connectivity index (χ2v) is 6.10. The standard InChI is InChI=1S/C15H16N4OS/c1-4-13(21(3)20)10-5-6-12-11(9-10)18-14-15(19(12)2)17-8-7-16-14/h4-9H,1-3H3,(H,16,18). The first-order valence-corrected chi connectivity index (χ1v) is 8.13. The van der Waals surface area contributed by atoms with E-state index >= 15 is 0 Å². The van der Waals surface area contributed by atoms with Gasteiger partial charge in [-0.15, -0.1) is 0 Å². The molecule has 2 aromatic rings. The molecule has 1 aliphatic rings. The zero-order valence-corrected chi connectivity index (χ0v) is 12.9. The molecule has 0 aliphatic carbocycles. The number of aromatic nitrogens is 2. The summed E-state index contributed by atoms with van der Waals surface area (Å²) in [6.07, 6.45) is 6.91. The van der Waals surface area contributed by atoms with Crippen molar-refractivity contribution in [1.29, 1.82) is 0 Å². The van der Waals surface area contributed by atoms with Crippen molar-refractivity contribution in [3.63, 3.8) is 0 Å². The van der Waals surface area contributed by atoms with Gasteiger partial charge in [0, 0.05) is 30.6 Å². The van der Waals surface area contributed by atoms with E-state index in [-0.39, 0.29) is 0 Å². The lowest BCUT2D eigenvalue weighted by Gasteiger charge is -2.29. The van der Waals surface area contributed by atoms with Crippen LogP contribution >= 0.6 is 0 Å². The van der Waals surface area contributed by atoms with E-state index in [1.165, 1.54) is 0 Å². The molecule has 1 atom stereocenters. The topological polar surface area (TPSA) is 58.1 Å². The fourth-order valence-corrected chi connectivity index (χ4v) is 3.28. The zero-order chi connectivity index (χ0) is 15.0. The molecule has 21 heavy (non-hydrogen) atoms. The Hall–Kier alpha value is -2.21. The summed E-state index contributed by atoms with van der Waals surface area (Å²) in [6, 6.07) is 5.99. The fourth-order valence-electron chi connectivity index (χ4n) is 2.49. The van der Waals surface area contributed by atoms with E-state index in [9.17, 15) is 4.21 Å². The van der Waals surface area contributed by atoms with Crippen LogP contribution in [0.5, 0.6) is 0 Å². The SMILES string of the molecule is CC=C(c1ccc2c(c1)Nc1nccnc1N2C)S(C)=O. The molecule has 0 fully saturated rings. The fraction of sp³-hybridized carbons (Fsp3) is 0.200. The Kier molecular flexibility index (Phi) is 3.47.